The van der Waals surface area contributed by atoms with Crippen molar-refractivity contribution in [2.45, 2.75) is 13.0 Å². The van der Waals surface area contributed by atoms with Gasteiger partial charge in [-0.3, -0.25) is 4.79 Å². The van der Waals surface area contributed by atoms with E-state index in [4.69, 9.17) is 18.9 Å². The first-order valence-corrected chi connectivity index (χ1v) is 11.3. The van der Waals surface area contributed by atoms with Crippen molar-refractivity contribution in [1.82, 2.24) is 5.43 Å². The van der Waals surface area contributed by atoms with E-state index in [-0.39, 0.29) is 12.4 Å². The molecule has 0 spiro atoms. The van der Waals surface area contributed by atoms with E-state index in [9.17, 15) is 9.59 Å². The highest BCUT2D eigenvalue weighted by molar-refractivity contribution is 9.10. The molecule has 0 aliphatic carbocycles. The molecule has 1 atom stereocenters. The molecule has 1 amide bonds. The fourth-order valence-electron chi connectivity index (χ4n) is 3.09. The Kier molecular flexibility index (Phi) is 7.44. The Hall–Kier alpha value is -3.85. The molecule has 4 rings (SSSR count). The summed E-state index contributed by atoms with van der Waals surface area (Å²) in [5.41, 5.74) is 3.50. The Morgan fingerprint density at radius 1 is 1.09 bits per heavy atom. The van der Waals surface area contributed by atoms with E-state index in [1.54, 1.807) is 60.7 Å². The van der Waals surface area contributed by atoms with Crippen LogP contribution in [0.15, 0.2) is 76.3 Å². The van der Waals surface area contributed by atoms with Gasteiger partial charge in [-0.25, -0.2) is 10.2 Å². The van der Waals surface area contributed by atoms with Crippen LogP contribution in [0.1, 0.15) is 22.8 Å². The summed E-state index contributed by atoms with van der Waals surface area (Å²) in [7, 11) is 0. The summed E-state index contributed by atoms with van der Waals surface area (Å²) in [5, 5.41) is 3.99. The number of carbonyl (C=O) groups excluding carboxylic acids is 2. The van der Waals surface area contributed by atoms with E-state index in [0.29, 0.717) is 35.0 Å². The van der Waals surface area contributed by atoms with Crippen molar-refractivity contribution in [1.29, 1.82) is 0 Å². The van der Waals surface area contributed by atoms with Crippen molar-refractivity contribution in [3.63, 3.8) is 0 Å². The van der Waals surface area contributed by atoms with Crippen LogP contribution >= 0.6 is 15.9 Å². The third-order valence-electron chi connectivity index (χ3n) is 4.74. The molecule has 1 heterocycles. The van der Waals surface area contributed by atoms with Crippen LogP contribution in [0, 0.1) is 0 Å². The average Bonchev–Trinajstić information content (AvgIpc) is 2.85. The minimum absolute atomic E-state index is 0.0886. The monoisotopic (exact) mass is 524 g/mol. The molecule has 8 nitrogen and oxygen atoms in total. The fourth-order valence-corrected chi connectivity index (χ4v) is 3.36. The van der Waals surface area contributed by atoms with Crippen molar-refractivity contribution >= 4 is 34.0 Å². The summed E-state index contributed by atoms with van der Waals surface area (Å²) in [6.07, 6.45) is 0.643. The Bertz CT molecular complexity index is 1210. The molecule has 3 aromatic carbocycles. The molecule has 174 valence electrons. The smallest absolute Gasteiger partial charge is 0.343 e. The Morgan fingerprint density at radius 3 is 2.62 bits per heavy atom. The zero-order valence-electron chi connectivity index (χ0n) is 18.2. The first-order chi connectivity index (χ1) is 16.5. The van der Waals surface area contributed by atoms with Gasteiger partial charge in [0, 0.05) is 4.47 Å². The Labute approximate surface area is 204 Å². The van der Waals surface area contributed by atoms with Crippen LogP contribution in [0.5, 0.6) is 23.0 Å². The van der Waals surface area contributed by atoms with E-state index < -0.39 is 18.0 Å². The molecular weight excluding hydrogens is 504 g/mol. The second kappa shape index (κ2) is 10.8. The van der Waals surface area contributed by atoms with Crippen LogP contribution in [-0.2, 0) is 4.79 Å². The van der Waals surface area contributed by atoms with Crippen molar-refractivity contribution in [2.75, 3.05) is 13.2 Å². The lowest BCUT2D eigenvalue weighted by molar-refractivity contribution is -0.130. The predicted octanol–water partition coefficient (Wildman–Crippen LogP) is 4.36. The molecule has 3 aromatic rings. The summed E-state index contributed by atoms with van der Waals surface area (Å²) in [5.74, 6) is 0.826. The van der Waals surface area contributed by atoms with Crippen LogP contribution in [-0.4, -0.2) is 37.4 Å². The fraction of sp³-hybridized carbons (Fsp3) is 0.160. The molecule has 1 aliphatic heterocycles. The SMILES string of the molecule is CCOc1cc(/C=N/NC(=O)[C@H]2COc3ccccc3O2)ccc1OC(=O)c1ccc(Br)cc1. The van der Waals surface area contributed by atoms with Crippen molar-refractivity contribution in [2.24, 2.45) is 5.10 Å². The van der Waals surface area contributed by atoms with Crippen LogP contribution in [0.25, 0.3) is 0 Å². The normalized spacial score (nSPS) is 14.5. The minimum Gasteiger partial charge on any atom is -0.490 e. The Balaban J connectivity index is 1.39. The van der Waals surface area contributed by atoms with Crippen LogP contribution in [0.4, 0.5) is 0 Å². The summed E-state index contributed by atoms with van der Waals surface area (Å²) < 4.78 is 23.2. The Morgan fingerprint density at radius 2 is 1.85 bits per heavy atom. The number of rotatable bonds is 7. The number of benzene rings is 3. The quantitative estimate of drug-likeness (QED) is 0.213. The number of hydrazone groups is 1. The third-order valence-corrected chi connectivity index (χ3v) is 5.27. The van der Waals surface area contributed by atoms with Crippen LogP contribution < -0.4 is 24.4 Å². The second-order valence-corrected chi connectivity index (χ2v) is 8.05. The highest BCUT2D eigenvalue weighted by atomic mass is 79.9. The minimum atomic E-state index is -0.813. The maximum absolute atomic E-state index is 12.5. The number of nitrogens with zero attached hydrogens (tertiary/aromatic N) is 1. The number of ether oxygens (including phenoxy) is 4. The molecule has 34 heavy (non-hydrogen) atoms. The summed E-state index contributed by atoms with van der Waals surface area (Å²) in [6.45, 7) is 2.29. The third kappa shape index (κ3) is 5.74. The lowest BCUT2D eigenvalue weighted by Gasteiger charge is -2.24. The predicted molar refractivity (Wildman–Crippen MR) is 129 cm³/mol. The van der Waals surface area contributed by atoms with Gasteiger partial charge in [-0.05, 0) is 67.1 Å². The molecule has 0 radical (unpaired) electrons. The van der Waals surface area contributed by atoms with Crippen molar-refractivity contribution < 1.29 is 28.5 Å². The van der Waals surface area contributed by atoms with E-state index in [1.165, 1.54) is 6.21 Å². The van der Waals surface area contributed by atoms with Crippen molar-refractivity contribution in [3.05, 3.63) is 82.3 Å². The first kappa shape index (κ1) is 23.3. The molecule has 0 saturated heterocycles. The summed E-state index contributed by atoms with van der Waals surface area (Å²) in [6, 6.07) is 19.0. The molecule has 0 aromatic heterocycles. The average molecular weight is 525 g/mol. The van der Waals surface area contributed by atoms with Crippen LogP contribution in [0.3, 0.4) is 0 Å². The highest BCUT2D eigenvalue weighted by Crippen LogP contribution is 2.31. The maximum atomic E-state index is 12.5. The number of halogens is 1. The number of hydrogen-bond donors (Lipinski definition) is 1. The molecule has 0 saturated carbocycles. The number of nitrogens with one attached hydrogen (secondary N) is 1. The van der Waals surface area contributed by atoms with Crippen LogP contribution in [0.2, 0.25) is 0 Å². The number of para-hydroxylation sites is 2. The van der Waals surface area contributed by atoms with E-state index in [2.05, 4.69) is 26.5 Å². The van der Waals surface area contributed by atoms with Gasteiger partial charge in [0.1, 0.15) is 6.61 Å². The van der Waals surface area contributed by atoms with Gasteiger partial charge in [0.15, 0.2) is 23.0 Å². The standard InChI is InChI=1S/C25H21BrN2O6/c1-2-31-22-13-16(7-12-21(22)34-25(30)17-8-10-18(26)11-9-17)14-27-28-24(29)23-15-32-19-5-3-4-6-20(19)33-23/h3-14,23H,2,15H2,1H3,(H,28,29)/b27-14+/t23-/m1/s1. The summed E-state index contributed by atoms with van der Waals surface area (Å²) in [4.78, 5) is 24.8. The van der Waals surface area contributed by atoms with Gasteiger partial charge in [-0.15, -0.1) is 0 Å². The molecule has 9 heteroatoms. The van der Waals surface area contributed by atoms with E-state index in [0.717, 1.165) is 4.47 Å². The van der Waals surface area contributed by atoms with Gasteiger partial charge in [-0.2, -0.15) is 5.10 Å². The summed E-state index contributed by atoms with van der Waals surface area (Å²) >= 11 is 3.34. The van der Waals surface area contributed by atoms with Gasteiger partial charge in [0.25, 0.3) is 5.91 Å². The van der Waals surface area contributed by atoms with E-state index >= 15 is 0 Å². The lowest BCUT2D eigenvalue weighted by Crippen LogP contribution is -2.42. The van der Waals surface area contributed by atoms with Gasteiger partial charge in [-0.1, -0.05) is 28.1 Å². The van der Waals surface area contributed by atoms with Gasteiger partial charge in [0.2, 0.25) is 6.10 Å². The topological polar surface area (TPSA) is 95.5 Å². The molecular formula is C25H21BrN2O6. The largest absolute Gasteiger partial charge is 0.490 e. The number of fused-ring (bicyclic) bond motifs is 1. The molecule has 1 aliphatic rings. The molecule has 1 N–H and O–H groups in total. The highest BCUT2D eigenvalue weighted by Gasteiger charge is 2.27. The number of carbonyl (C=O) groups is 2. The van der Waals surface area contributed by atoms with E-state index in [1.807, 2.05) is 13.0 Å². The number of amides is 1. The van der Waals surface area contributed by atoms with Crippen molar-refractivity contribution in [3.8, 4) is 23.0 Å². The molecule has 0 unspecified atom stereocenters. The maximum Gasteiger partial charge on any atom is 0.343 e. The zero-order chi connectivity index (χ0) is 23.9. The number of hydrogen-bond acceptors (Lipinski definition) is 7. The molecule has 0 bridgehead atoms. The van der Waals surface area contributed by atoms with Gasteiger partial charge >= 0.3 is 5.97 Å². The lowest BCUT2D eigenvalue weighted by atomic mass is 10.2. The molecule has 0 fully saturated rings. The van der Waals surface area contributed by atoms with Gasteiger partial charge in [0.05, 0.1) is 18.4 Å². The zero-order valence-corrected chi connectivity index (χ0v) is 19.8. The van der Waals surface area contributed by atoms with Gasteiger partial charge < -0.3 is 18.9 Å². The first-order valence-electron chi connectivity index (χ1n) is 10.5. The second-order valence-electron chi connectivity index (χ2n) is 7.13. The number of esters is 1.